The highest BCUT2D eigenvalue weighted by Crippen LogP contribution is 2.26. The second-order valence-electron chi connectivity index (χ2n) is 5.05. The Kier molecular flexibility index (Phi) is 3.30. The number of hydrogen-bond donors (Lipinski definition) is 1. The van der Waals surface area contributed by atoms with Crippen molar-refractivity contribution in [3.63, 3.8) is 0 Å². The summed E-state index contributed by atoms with van der Waals surface area (Å²) in [5.41, 5.74) is -0.838. The summed E-state index contributed by atoms with van der Waals surface area (Å²) < 4.78 is 1.61. The van der Waals surface area contributed by atoms with Crippen molar-refractivity contribution in [3.8, 4) is 0 Å². The minimum Gasteiger partial charge on any atom is -0.343 e. The maximum atomic E-state index is 12.3. The van der Waals surface area contributed by atoms with Gasteiger partial charge in [-0.2, -0.15) is 5.10 Å². The van der Waals surface area contributed by atoms with Crippen LogP contribution in [-0.2, 0) is 23.2 Å². The fourth-order valence-electron chi connectivity index (χ4n) is 2.22. The standard InChI is InChI=1S/C12H19N5O2/c1-5-12(3)11(19)15-8(2)10(18)17(12)6-9-13-7-14-16(9)4/h7-8H,5-6H2,1-4H3,(H,15,19). The first kappa shape index (κ1) is 13.5. The third-order valence-electron chi connectivity index (χ3n) is 3.86. The Balaban J connectivity index is 2.35. The number of amides is 2. The average molecular weight is 265 g/mol. The normalized spacial score (nSPS) is 27.6. The number of aryl methyl sites for hydroxylation is 1. The topological polar surface area (TPSA) is 80.1 Å². The molecular formula is C12H19N5O2. The molecule has 2 rings (SSSR count). The highest BCUT2D eigenvalue weighted by atomic mass is 16.2. The summed E-state index contributed by atoms with van der Waals surface area (Å²) in [4.78, 5) is 30.2. The molecule has 0 saturated carbocycles. The van der Waals surface area contributed by atoms with Crippen LogP contribution in [0.4, 0.5) is 0 Å². The van der Waals surface area contributed by atoms with E-state index in [4.69, 9.17) is 0 Å². The molecular weight excluding hydrogens is 246 g/mol. The third kappa shape index (κ3) is 2.09. The second kappa shape index (κ2) is 4.64. The van der Waals surface area contributed by atoms with Crippen molar-refractivity contribution in [3.05, 3.63) is 12.2 Å². The molecule has 2 atom stereocenters. The number of carbonyl (C=O) groups excluding carboxylic acids is 2. The molecule has 2 heterocycles. The molecule has 1 aliphatic rings. The molecule has 1 aliphatic heterocycles. The second-order valence-corrected chi connectivity index (χ2v) is 5.05. The van der Waals surface area contributed by atoms with Gasteiger partial charge in [-0.25, -0.2) is 4.98 Å². The molecule has 1 fully saturated rings. The van der Waals surface area contributed by atoms with E-state index in [1.165, 1.54) is 6.33 Å². The lowest BCUT2D eigenvalue weighted by molar-refractivity contribution is -0.157. The minimum atomic E-state index is -0.838. The Bertz CT molecular complexity index is 512. The highest BCUT2D eigenvalue weighted by Gasteiger charge is 2.47. The number of hydrogen-bond acceptors (Lipinski definition) is 4. The summed E-state index contributed by atoms with van der Waals surface area (Å²) in [6, 6.07) is -0.500. The first-order valence-electron chi connectivity index (χ1n) is 6.35. The Labute approximate surface area is 112 Å². The van der Waals surface area contributed by atoms with Crippen LogP contribution >= 0.6 is 0 Å². The number of nitrogens with zero attached hydrogens (tertiary/aromatic N) is 4. The van der Waals surface area contributed by atoms with Gasteiger partial charge in [-0.3, -0.25) is 14.3 Å². The first-order chi connectivity index (χ1) is 8.90. The van der Waals surface area contributed by atoms with E-state index < -0.39 is 11.6 Å². The Hall–Kier alpha value is -1.92. The van der Waals surface area contributed by atoms with Crippen molar-refractivity contribution < 1.29 is 9.59 Å². The number of piperazine rings is 1. The lowest BCUT2D eigenvalue weighted by Crippen LogP contribution is -2.68. The smallest absolute Gasteiger partial charge is 0.246 e. The van der Waals surface area contributed by atoms with Gasteiger partial charge < -0.3 is 10.2 Å². The molecule has 1 aromatic rings. The maximum Gasteiger partial charge on any atom is 0.246 e. The monoisotopic (exact) mass is 265 g/mol. The summed E-state index contributed by atoms with van der Waals surface area (Å²) >= 11 is 0. The molecule has 7 nitrogen and oxygen atoms in total. The SMILES string of the molecule is CCC1(C)C(=O)NC(C)C(=O)N1Cc1ncnn1C. The molecule has 0 spiro atoms. The average Bonchev–Trinajstić information content (AvgIpc) is 2.78. The number of nitrogens with one attached hydrogen (secondary N) is 1. The van der Waals surface area contributed by atoms with Crippen LogP contribution in [0.3, 0.4) is 0 Å². The lowest BCUT2D eigenvalue weighted by atomic mass is 9.91. The Morgan fingerprint density at radius 2 is 2.16 bits per heavy atom. The van der Waals surface area contributed by atoms with Crippen LogP contribution in [0.1, 0.15) is 33.0 Å². The van der Waals surface area contributed by atoms with E-state index in [0.29, 0.717) is 12.2 Å². The summed E-state index contributed by atoms with van der Waals surface area (Å²) in [5.74, 6) is 0.450. The molecule has 0 bridgehead atoms. The zero-order valence-corrected chi connectivity index (χ0v) is 11.7. The van der Waals surface area contributed by atoms with E-state index in [2.05, 4.69) is 15.4 Å². The third-order valence-corrected chi connectivity index (χ3v) is 3.86. The van der Waals surface area contributed by atoms with Crippen molar-refractivity contribution in [2.24, 2.45) is 7.05 Å². The molecule has 0 aromatic carbocycles. The summed E-state index contributed by atoms with van der Waals surface area (Å²) in [6.45, 7) is 5.66. The van der Waals surface area contributed by atoms with E-state index in [0.717, 1.165) is 0 Å². The van der Waals surface area contributed by atoms with Crippen LogP contribution in [0.2, 0.25) is 0 Å². The largest absolute Gasteiger partial charge is 0.343 e. The van der Waals surface area contributed by atoms with Crippen LogP contribution in [0.25, 0.3) is 0 Å². The fraction of sp³-hybridized carbons (Fsp3) is 0.667. The van der Waals surface area contributed by atoms with Gasteiger partial charge in [-0.15, -0.1) is 0 Å². The van der Waals surface area contributed by atoms with Crippen LogP contribution < -0.4 is 5.32 Å². The lowest BCUT2D eigenvalue weighted by Gasteiger charge is -2.44. The molecule has 0 radical (unpaired) electrons. The van der Waals surface area contributed by atoms with Crippen LogP contribution in [-0.4, -0.2) is 43.1 Å². The predicted molar refractivity (Wildman–Crippen MR) is 67.9 cm³/mol. The van der Waals surface area contributed by atoms with Gasteiger partial charge in [0.15, 0.2) is 0 Å². The van der Waals surface area contributed by atoms with E-state index >= 15 is 0 Å². The van der Waals surface area contributed by atoms with Gasteiger partial charge in [0.05, 0.1) is 6.54 Å². The van der Waals surface area contributed by atoms with Crippen molar-refractivity contribution >= 4 is 11.8 Å². The molecule has 2 amide bonds. The maximum absolute atomic E-state index is 12.3. The van der Waals surface area contributed by atoms with Gasteiger partial charge in [0, 0.05) is 7.05 Å². The quantitative estimate of drug-likeness (QED) is 0.823. The van der Waals surface area contributed by atoms with Crippen molar-refractivity contribution in [2.75, 3.05) is 0 Å². The summed E-state index contributed by atoms with van der Waals surface area (Å²) in [7, 11) is 1.77. The molecule has 104 valence electrons. The van der Waals surface area contributed by atoms with Gasteiger partial charge in [0.1, 0.15) is 23.7 Å². The fourth-order valence-corrected chi connectivity index (χ4v) is 2.22. The number of aromatic nitrogens is 3. The van der Waals surface area contributed by atoms with Gasteiger partial charge in [-0.05, 0) is 20.3 Å². The molecule has 7 heteroatoms. The van der Waals surface area contributed by atoms with Gasteiger partial charge >= 0.3 is 0 Å². The molecule has 1 N–H and O–H groups in total. The molecule has 0 aliphatic carbocycles. The van der Waals surface area contributed by atoms with Gasteiger partial charge in [-0.1, -0.05) is 6.92 Å². The van der Waals surface area contributed by atoms with Crippen molar-refractivity contribution in [1.82, 2.24) is 25.0 Å². The molecule has 2 unspecified atom stereocenters. The van der Waals surface area contributed by atoms with E-state index in [1.807, 2.05) is 6.92 Å². The van der Waals surface area contributed by atoms with Crippen LogP contribution in [0.5, 0.6) is 0 Å². The van der Waals surface area contributed by atoms with Crippen molar-refractivity contribution in [1.29, 1.82) is 0 Å². The van der Waals surface area contributed by atoms with E-state index in [1.54, 1.807) is 30.5 Å². The Morgan fingerprint density at radius 3 is 2.68 bits per heavy atom. The zero-order chi connectivity index (χ0) is 14.2. The van der Waals surface area contributed by atoms with Gasteiger partial charge in [0.2, 0.25) is 11.8 Å². The zero-order valence-electron chi connectivity index (χ0n) is 11.7. The van der Waals surface area contributed by atoms with Gasteiger partial charge in [0.25, 0.3) is 0 Å². The Morgan fingerprint density at radius 1 is 1.47 bits per heavy atom. The number of rotatable bonds is 3. The predicted octanol–water partition coefficient (Wildman–Crippen LogP) is -0.169. The molecule has 1 saturated heterocycles. The van der Waals surface area contributed by atoms with Crippen LogP contribution in [0.15, 0.2) is 6.33 Å². The van der Waals surface area contributed by atoms with E-state index in [9.17, 15) is 9.59 Å². The summed E-state index contributed by atoms with van der Waals surface area (Å²) in [5, 5.41) is 6.71. The minimum absolute atomic E-state index is 0.0908. The summed E-state index contributed by atoms with van der Waals surface area (Å²) in [6.07, 6.45) is 1.99. The van der Waals surface area contributed by atoms with E-state index in [-0.39, 0.29) is 18.4 Å². The first-order valence-corrected chi connectivity index (χ1v) is 6.35. The molecule has 19 heavy (non-hydrogen) atoms. The molecule has 1 aromatic heterocycles. The highest BCUT2D eigenvalue weighted by molar-refractivity contribution is 5.99. The van der Waals surface area contributed by atoms with Crippen molar-refractivity contribution in [2.45, 2.75) is 45.3 Å². The van der Waals surface area contributed by atoms with Crippen LogP contribution in [0, 0.1) is 0 Å². The number of carbonyl (C=O) groups is 2.